The van der Waals surface area contributed by atoms with E-state index in [1.807, 2.05) is 19.1 Å². The molecule has 0 aliphatic heterocycles. The third kappa shape index (κ3) is 6.10. The topological polar surface area (TPSA) is 0 Å². The van der Waals surface area contributed by atoms with Crippen molar-refractivity contribution in [1.29, 1.82) is 0 Å². The molecular formula is C29H26F4. The minimum Gasteiger partial charge on any atom is -0.207 e. The number of hydrogen-bond acceptors (Lipinski definition) is 0. The van der Waals surface area contributed by atoms with Gasteiger partial charge >= 0.3 is 0 Å². The van der Waals surface area contributed by atoms with Crippen molar-refractivity contribution in [3.05, 3.63) is 119 Å². The fourth-order valence-corrected chi connectivity index (χ4v) is 3.54. The molecule has 0 nitrogen and oxygen atoms in total. The van der Waals surface area contributed by atoms with Gasteiger partial charge in [-0.3, -0.25) is 0 Å². The lowest BCUT2D eigenvalue weighted by atomic mass is 9.99. The van der Waals surface area contributed by atoms with Crippen LogP contribution in [0, 0.1) is 11.6 Å². The normalized spacial score (nSPS) is 12.2. The number of aryl methyl sites for hydroxylation is 2. The minimum atomic E-state index is -1.13. The monoisotopic (exact) mass is 450 g/mol. The highest BCUT2D eigenvalue weighted by atomic mass is 19.2. The first kappa shape index (κ1) is 24.2. The van der Waals surface area contributed by atoms with E-state index in [1.165, 1.54) is 30.3 Å². The number of allylic oxidation sites excluding steroid dienone is 3. The van der Waals surface area contributed by atoms with E-state index in [-0.39, 0.29) is 16.9 Å². The maximum atomic E-state index is 14.8. The van der Waals surface area contributed by atoms with Crippen molar-refractivity contribution in [3.63, 3.8) is 0 Å². The van der Waals surface area contributed by atoms with Crippen molar-refractivity contribution < 1.29 is 17.6 Å². The lowest BCUT2D eigenvalue weighted by Crippen LogP contribution is -1.93. The van der Waals surface area contributed by atoms with Gasteiger partial charge in [-0.05, 0) is 67.0 Å². The summed E-state index contributed by atoms with van der Waals surface area (Å²) in [6.07, 6.45) is 7.95. The molecule has 0 atom stereocenters. The van der Waals surface area contributed by atoms with Crippen LogP contribution in [0.5, 0.6) is 0 Å². The summed E-state index contributed by atoms with van der Waals surface area (Å²) in [6, 6.07) is 14.9. The summed E-state index contributed by atoms with van der Waals surface area (Å²) in [4.78, 5) is 0. The van der Waals surface area contributed by atoms with Crippen molar-refractivity contribution in [2.24, 2.45) is 0 Å². The smallest absolute Gasteiger partial charge is 0.166 e. The van der Waals surface area contributed by atoms with Crippen LogP contribution in [0.15, 0.2) is 85.5 Å². The van der Waals surface area contributed by atoms with Gasteiger partial charge in [0.2, 0.25) is 0 Å². The number of benzene rings is 3. The Balaban J connectivity index is 1.80. The molecule has 3 rings (SSSR count). The molecule has 0 saturated carbocycles. The zero-order valence-electron chi connectivity index (χ0n) is 18.6. The summed E-state index contributed by atoms with van der Waals surface area (Å²) in [5.74, 6) is -3.08. The van der Waals surface area contributed by atoms with Gasteiger partial charge in [-0.15, -0.1) is 6.58 Å². The quantitative estimate of drug-likeness (QED) is 0.173. The van der Waals surface area contributed by atoms with Crippen molar-refractivity contribution in [3.8, 4) is 11.1 Å². The van der Waals surface area contributed by atoms with E-state index in [2.05, 4.69) is 6.58 Å². The van der Waals surface area contributed by atoms with E-state index in [0.717, 1.165) is 6.07 Å². The second-order valence-electron chi connectivity index (χ2n) is 7.75. The van der Waals surface area contributed by atoms with Gasteiger partial charge in [-0.25, -0.2) is 17.6 Å². The Bertz CT molecular complexity index is 1170. The number of halogens is 4. The molecule has 0 heterocycles. The SMILES string of the molecule is C=CCCc1ccc(-c2ccc(/C(F)=C(\F)c3ccc(CC/C=C/C)c(F)c3)cc2)cc1F. The summed E-state index contributed by atoms with van der Waals surface area (Å²) >= 11 is 0. The van der Waals surface area contributed by atoms with Crippen LogP contribution in [0.25, 0.3) is 22.8 Å². The molecule has 0 aliphatic rings. The van der Waals surface area contributed by atoms with Crippen molar-refractivity contribution in [2.45, 2.75) is 32.6 Å². The van der Waals surface area contributed by atoms with E-state index >= 15 is 0 Å². The van der Waals surface area contributed by atoms with E-state index in [4.69, 9.17) is 0 Å². The van der Waals surface area contributed by atoms with Gasteiger partial charge in [0.15, 0.2) is 11.7 Å². The molecule has 4 heteroatoms. The van der Waals surface area contributed by atoms with Gasteiger partial charge in [0.1, 0.15) is 11.6 Å². The molecule has 0 spiro atoms. The Morgan fingerprint density at radius 1 is 0.727 bits per heavy atom. The predicted octanol–water partition coefficient (Wildman–Crippen LogP) is 9.02. The minimum absolute atomic E-state index is 0.0249. The Labute approximate surface area is 192 Å². The Hall–Kier alpha value is -3.40. The van der Waals surface area contributed by atoms with Crippen molar-refractivity contribution in [2.75, 3.05) is 0 Å². The molecule has 0 bridgehead atoms. The Morgan fingerprint density at radius 2 is 1.27 bits per heavy atom. The third-order valence-corrected chi connectivity index (χ3v) is 5.46. The average molecular weight is 451 g/mol. The molecule has 0 radical (unpaired) electrons. The molecule has 0 unspecified atom stereocenters. The van der Waals surface area contributed by atoms with Crippen molar-refractivity contribution in [1.82, 2.24) is 0 Å². The number of hydrogen-bond donors (Lipinski definition) is 0. The third-order valence-electron chi connectivity index (χ3n) is 5.46. The van der Waals surface area contributed by atoms with Gasteiger partial charge < -0.3 is 0 Å². The lowest BCUT2D eigenvalue weighted by Gasteiger charge is -2.08. The van der Waals surface area contributed by atoms with Crippen LogP contribution in [0.4, 0.5) is 17.6 Å². The molecule has 33 heavy (non-hydrogen) atoms. The zero-order valence-corrected chi connectivity index (χ0v) is 18.6. The average Bonchev–Trinajstić information content (AvgIpc) is 2.83. The standard InChI is InChI=1S/C29H26F4/c1-3-5-7-9-22-13-17-25(19-27(22)31)29(33)28(32)23-14-10-20(11-15-23)24-16-12-21(8-6-4-2)26(30)18-24/h3-5,10-19H,2,6-9H2,1H3/b5-3+,29-28+. The highest BCUT2D eigenvalue weighted by Crippen LogP contribution is 2.31. The van der Waals surface area contributed by atoms with Crippen molar-refractivity contribution >= 4 is 11.7 Å². The largest absolute Gasteiger partial charge is 0.207 e. The zero-order chi connectivity index (χ0) is 23.8. The molecule has 0 N–H and O–H groups in total. The molecular weight excluding hydrogens is 424 g/mol. The van der Waals surface area contributed by atoms with E-state index in [0.29, 0.717) is 47.9 Å². The Kier molecular flexibility index (Phi) is 8.42. The van der Waals surface area contributed by atoms with Gasteiger partial charge in [0, 0.05) is 11.1 Å². The molecule has 3 aromatic carbocycles. The predicted molar refractivity (Wildman–Crippen MR) is 129 cm³/mol. The van der Waals surface area contributed by atoms with Gasteiger partial charge in [0.25, 0.3) is 0 Å². The maximum absolute atomic E-state index is 14.8. The van der Waals surface area contributed by atoms with Gasteiger partial charge in [-0.2, -0.15) is 0 Å². The molecule has 170 valence electrons. The fraction of sp³-hybridized carbons (Fsp3) is 0.172. The Morgan fingerprint density at radius 3 is 1.88 bits per heavy atom. The van der Waals surface area contributed by atoms with Crippen LogP contribution < -0.4 is 0 Å². The summed E-state index contributed by atoms with van der Waals surface area (Å²) in [5, 5.41) is 0. The van der Waals surface area contributed by atoms with E-state index < -0.39 is 17.5 Å². The van der Waals surface area contributed by atoms with Crippen LogP contribution in [-0.4, -0.2) is 0 Å². The second-order valence-corrected chi connectivity index (χ2v) is 7.75. The summed E-state index contributed by atoms with van der Waals surface area (Å²) in [6.45, 7) is 5.53. The van der Waals surface area contributed by atoms with E-state index in [9.17, 15) is 17.6 Å². The molecule has 0 aromatic heterocycles. The first-order valence-electron chi connectivity index (χ1n) is 10.9. The van der Waals surface area contributed by atoms with Gasteiger partial charge in [-0.1, -0.05) is 66.8 Å². The fourth-order valence-electron chi connectivity index (χ4n) is 3.54. The first-order chi connectivity index (χ1) is 15.9. The molecule has 0 aliphatic carbocycles. The van der Waals surface area contributed by atoms with Crippen LogP contribution in [0.2, 0.25) is 0 Å². The molecule has 0 fully saturated rings. The summed E-state index contributed by atoms with van der Waals surface area (Å²) in [7, 11) is 0. The molecule has 0 saturated heterocycles. The van der Waals surface area contributed by atoms with Crippen LogP contribution in [0.1, 0.15) is 42.0 Å². The summed E-state index contributed by atoms with van der Waals surface area (Å²) < 4.78 is 58.1. The van der Waals surface area contributed by atoms with Crippen LogP contribution in [-0.2, 0) is 12.8 Å². The number of rotatable bonds is 9. The molecule has 3 aromatic rings. The lowest BCUT2D eigenvalue weighted by molar-refractivity contribution is 0.607. The van der Waals surface area contributed by atoms with E-state index in [1.54, 1.807) is 30.3 Å². The van der Waals surface area contributed by atoms with Gasteiger partial charge in [0.05, 0.1) is 0 Å². The maximum Gasteiger partial charge on any atom is 0.166 e. The highest BCUT2D eigenvalue weighted by molar-refractivity contribution is 5.83. The highest BCUT2D eigenvalue weighted by Gasteiger charge is 2.14. The van der Waals surface area contributed by atoms with Crippen LogP contribution in [0.3, 0.4) is 0 Å². The molecule has 0 amide bonds. The van der Waals surface area contributed by atoms with Crippen LogP contribution >= 0.6 is 0 Å². The summed E-state index contributed by atoms with van der Waals surface area (Å²) in [5.41, 5.74) is 2.25. The second kappa shape index (κ2) is 11.5. The first-order valence-corrected chi connectivity index (χ1v) is 10.9.